The molecule has 116 valence electrons. The number of amides is 2. The van der Waals surface area contributed by atoms with Crippen LogP contribution in [-0.4, -0.2) is 35.2 Å². The normalized spacial score (nSPS) is 11.8. The minimum Gasteiger partial charge on any atom is -0.480 e. The van der Waals surface area contributed by atoms with E-state index in [0.717, 1.165) is 23.2 Å². The number of urea groups is 1. The van der Waals surface area contributed by atoms with Gasteiger partial charge in [-0.05, 0) is 42.9 Å². The molecular formula is C15H22N2O3S. The Morgan fingerprint density at radius 1 is 1.38 bits per heavy atom. The molecule has 0 unspecified atom stereocenters. The maximum Gasteiger partial charge on any atom is 0.326 e. The fraction of sp³-hybridized carbons (Fsp3) is 0.467. The molecule has 0 bridgehead atoms. The highest BCUT2D eigenvalue weighted by Gasteiger charge is 2.20. The smallest absolute Gasteiger partial charge is 0.326 e. The van der Waals surface area contributed by atoms with Gasteiger partial charge < -0.3 is 15.7 Å². The maximum absolute atomic E-state index is 12.0. The molecule has 0 fully saturated rings. The molecule has 0 saturated carbocycles. The number of thioether (sulfide) groups is 1. The monoisotopic (exact) mass is 310 g/mol. The topological polar surface area (TPSA) is 78.4 Å². The van der Waals surface area contributed by atoms with E-state index in [9.17, 15) is 9.59 Å². The second-order valence-corrected chi connectivity index (χ2v) is 5.72. The first kappa shape index (κ1) is 17.4. The second-order valence-electron chi connectivity index (χ2n) is 4.73. The number of benzene rings is 1. The fourth-order valence-corrected chi connectivity index (χ4v) is 2.47. The van der Waals surface area contributed by atoms with Gasteiger partial charge in [-0.2, -0.15) is 11.8 Å². The van der Waals surface area contributed by atoms with Crippen LogP contribution in [0.25, 0.3) is 0 Å². The van der Waals surface area contributed by atoms with Crippen LogP contribution in [0.15, 0.2) is 18.2 Å². The molecule has 1 atom stereocenters. The predicted molar refractivity (Wildman–Crippen MR) is 87.1 cm³/mol. The van der Waals surface area contributed by atoms with Crippen molar-refractivity contribution in [2.75, 3.05) is 17.3 Å². The van der Waals surface area contributed by atoms with E-state index < -0.39 is 18.0 Å². The molecule has 1 aromatic carbocycles. The Bertz CT molecular complexity index is 506. The minimum atomic E-state index is -1.01. The number of hydrogen-bond donors (Lipinski definition) is 3. The minimum absolute atomic E-state index is 0.401. The van der Waals surface area contributed by atoms with Crippen molar-refractivity contribution in [3.8, 4) is 0 Å². The lowest BCUT2D eigenvalue weighted by atomic mass is 10.1. The van der Waals surface area contributed by atoms with E-state index in [1.54, 1.807) is 11.8 Å². The molecule has 0 aliphatic heterocycles. The highest BCUT2D eigenvalue weighted by molar-refractivity contribution is 7.98. The summed E-state index contributed by atoms with van der Waals surface area (Å²) < 4.78 is 0. The predicted octanol–water partition coefficient (Wildman–Crippen LogP) is 2.89. The van der Waals surface area contributed by atoms with Crippen molar-refractivity contribution in [1.82, 2.24) is 5.32 Å². The Balaban J connectivity index is 2.74. The highest BCUT2D eigenvalue weighted by Crippen LogP contribution is 2.20. The number of nitrogens with one attached hydrogen (secondary N) is 2. The van der Waals surface area contributed by atoms with Gasteiger partial charge in [0.2, 0.25) is 0 Å². The molecule has 2 amide bonds. The quantitative estimate of drug-likeness (QED) is 0.723. The Labute approximate surface area is 129 Å². The van der Waals surface area contributed by atoms with E-state index in [-0.39, 0.29) is 0 Å². The van der Waals surface area contributed by atoms with Crippen LogP contribution in [0.1, 0.15) is 24.5 Å². The van der Waals surface area contributed by atoms with E-state index in [1.165, 1.54) is 0 Å². The number of carbonyl (C=O) groups excluding carboxylic acids is 1. The van der Waals surface area contributed by atoms with Crippen LogP contribution < -0.4 is 10.6 Å². The molecule has 0 saturated heterocycles. The number of para-hydroxylation sites is 1. The van der Waals surface area contributed by atoms with Crippen LogP contribution in [0.2, 0.25) is 0 Å². The molecule has 0 radical (unpaired) electrons. The maximum atomic E-state index is 12.0. The lowest BCUT2D eigenvalue weighted by Gasteiger charge is -2.17. The zero-order chi connectivity index (χ0) is 15.8. The van der Waals surface area contributed by atoms with Gasteiger partial charge in [-0.25, -0.2) is 9.59 Å². The summed E-state index contributed by atoms with van der Waals surface area (Å²) in [7, 11) is 0. The Morgan fingerprint density at radius 2 is 2.10 bits per heavy atom. The molecule has 6 heteroatoms. The molecule has 1 rings (SSSR count). The van der Waals surface area contributed by atoms with Gasteiger partial charge in [0.25, 0.3) is 0 Å². The number of rotatable bonds is 7. The van der Waals surface area contributed by atoms with E-state index in [1.807, 2.05) is 38.3 Å². The molecule has 0 aliphatic rings. The summed E-state index contributed by atoms with van der Waals surface area (Å²) in [6.45, 7) is 3.92. The van der Waals surface area contributed by atoms with Crippen LogP contribution in [0, 0.1) is 6.92 Å². The Morgan fingerprint density at radius 3 is 2.67 bits per heavy atom. The molecule has 21 heavy (non-hydrogen) atoms. The molecular weight excluding hydrogens is 288 g/mol. The van der Waals surface area contributed by atoms with E-state index in [0.29, 0.717) is 12.2 Å². The van der Waals surface area contributed by atoms with Crippen molar-refractivity contribution in [1.29, 1.82) is 0 Å². The zero-order valence-corrected chi connectivity index (χ0v) is 13.4. The van der Waals surface area contributed by atoms with Crippen LogP contribution >= 0.6 is 11.8 Å². The molecule has 1 aromatic rings. The van der Waals surface area contributed by atoms with E-state index in [2.05, 4.69) is 10.6 Å². The third kappa shape index (κ3) is 5.30. The number of carbonyl (C=O) groups is 2. The molecule has 0 heterocycles. The van der Waals surface area contributed by atoms with Gasteiger partial charge in [0, 0.05) is 5.69 Å². The highest BCUT2D eigenvalue weighted by atomic mass is 32.2. The summed E-state index contributed by atoms with van der Waals surface area (Å²) in [5.74, 6) is -0.332. The van der Waals surface area contributed by atoms with Crippen LogP contribution in [0.3, 0.4) is 0 Å². The zero-order valence-electron chi connectivity index (χ0n) is 12.6. The number of hydrogen-bond acceptors (Lipinski definition) is 3. The lowest BCUT2D eigenvalue weighted by Crippen LogP contribution is -2.43. The average Bonchev–Trinajstić information content (AvgIpc) is 2.45. The Hall–Kier alpha value is -1.69. The summed E-state index contributed by atoms with van der Waals surface area (Å²) >= 11 is 1.55. The van der Waals surface area contributed by atoms with Crippen molar-refractivity contribution < 1.29 is 14.7 Å². The van der Waals surface area contributed by atoms with Crippen molar-refractivity contribution in [2.24, 2.45) is 0 Å². The summed E-state index contributed by atoms with van der Waals surface area (Å²) in [6, 6.07) is 4.46. The van der Waals surface area contributed by atoms with Crippen molar-refractivity contribution in [3.63, 3.8) is 0 Å². The molecule has 3 N–H and O–H groups in total. The SMILES string of the molecule is CCc1cccc(C)c1NC(=O)N[C@@H](CCSC)C(=O)O. The molecule has 0 aliphatic carbocycles. The number of carboxylic acid groups (broad SMARTS) is 1. The second kappa shape index (κ2) is 8.56. The van der Waals surface area contributed by atoms with Crippen LogP contribution in [-0.2, 0) is 11.2 Å². The fourth-order valence-electron chi connectivity index (χ4n) is 2.00. The van der Waals surface area contributed by atoms with Crippen LogP contribution in [0.4, 0.5) is 10.5 Å². The van der Waals surface area contributed by atoms with Crippen LogP contribution in [0.5, 0.6) is 0 Å². The summed E-state index contributed by atoms with van der Waals surface area (Å²) in [5, 5.41) is 14.4. The standard InChI is InChI=1S/C15H22N2O3S/c1-4-11-7-5-6-10(2)13(11)17-15(20)16-12(14(18)19)8-9-21-3/h5-7,12H,4,8-9H2,1-3H3,(H,18,19)(H2,16,17,20)/t12-/m0/s1. The third-order valence-corrected chi connectivity index (χ3v) is 3.84. The molecule has 5 nitrogen and oxygen atoms in total. The lowest BCUT2D eigenvalue weighted by molar-refractivity contribution is -0.139. The number of aryl methyl sites for hydroxylation is 2. The summed E-state index contributed by atoms with van der Waals surface area (Å²) in [6.07, 6.45) is 3.10. The van der Waals surface area contributed by atoms with Crippen molar-refractivity contribution in [2.45, 2.75) is 32.7 Å². The molecule has 0 spiro atoms. The van der Waals surface area contributed by atoms with Gasteiger partial charge in [0.15, 0.2) is 0 Å². The largest absolute Gasteiger partial charge is 0.480 e. The molecule has 0 aromatic heterocycles. The van der Waals surface area contributed by atoms with E-state index >= 15 is 0 Å². The Kier molecular flexibility index (Phi) is 7.08. The average molecular weight is 310 g/mol. The van der Waals surface area contributed by atoms with Gasteiger partial charge in [-0.15, -0.1) is 0 Å². The number of aliphatic carboxylic acids is 1. The van der Waals surface area contributed by atoms with E-state index in [4.69, 9.17) is 5.11 Å². The number of carboxylic acids is 1. The van der Waals surface area contributed by atoms with Gasteiger partial charge in [-0.3, -0.25) is 0 Å². The van der Waals surface area contributed by atoms with Crippen molar-refractivity contribution in [3.05, 3.63) is 29.3 Å². The first-order valence-electron chi connectivity index (χ1n) is 6.87. The van der Waals surface area contributed by atoms with Crippen molar-refractivity contribution >= 4 is 29.4 Å². The third-order valence-electron chi connectivity index (χ3n) is 3.19. The van der Waals surface area contributed by atoms with Gasteiger partial charge >= 0.3 is 12.0 Å². The van der Waals surface area contributed by atoms with Gasteiger partial charge in [0.1, 0.15) is 6.04 Å². The summed E-state index contributed by atoms with van der Waals surface area (Å²) in [4.78, 5) is 23.2. The summed E-state index contributed by atoms with van der Waals surface area (Å²) in [5.41, 5.74) is 2.74. The first-order valence-corrected chi connectivity index (χ1v) is 8.26. The number of anilines is 1. The van der Waals surface area contributed by atoms with Gasteiger partial charge in [0.05, 0.1) is 0 Å². The van der Waals surface area contributed by atoms with Gasteiger partial charge in [-0.1, -0.05) is 25.1 Å². The first-order chi connectivity index (χ1) is 9.99.